The average Bonchev–Trinajstić information content (AvgIpc) is 2.24. The van der Waals surface area contributed by atoms with E-state index in [4.69, 9.17) is 5.11 Å². The van der Waals surface area contributed by atoms with Crippen molar-refractivity contribution in [2.75, 3.05) is 0 Å². The lowest BCUT2D eigenvalue weighted by Crippen LogP contribution is -2.27. The Hall–Kier alpha value is -1.05. The molecular weight excluding hydrogens is 224 g/mol. The summed E-state index contributed by atoms with van der Waals surface area (Å²) in [5.41, 5.74) is 3.09. The van der Waals surface area contributed by atoms with Crippen molar-refractivity contribution in [2.24, 2.45) is 11.3 Å². The number of hydrogen-bond donors (Lipinski definition) is 1. The van der Waals surface area contributed by atoms with Gasteiger partial charge in [0.1, 0.15) is 0 Å². The summed E-state index contributed by atoms with van der Waals surface area (Å²) >= 11 is 0. The van der Waals surface area contributed by atoms with Crippen LogP contribution in [-0.4, -0.2) is 11.1 Å². The largest absolute Gasteiger partial charge is 0.481 e. The molecule has 1 aliphatic rings. The second kappa shape index (κ2) is 6.21. The predicted molar refractivity (Wildman–Crippen MR) is 75.5 cm³/mol. The maximum Gasteiger partial charge on any atom is 0.307 e. The van der Waals surface area contributed by atoms with Crippen molar-refractivity contribution in [1.29, 1.82) is 0 Å². The maximum atomic E-state index is 10.5. The molecule has 102 valence electrons. The smallest absolute Gasteiger partial charge is 0.307 e. The van der Waals surface area contributed by atoms with Crippen LogP contribution in [0.2, 0.25) is 0 Å². The van der Waals surface area contributed by atoms with Crippen molar-refractivity contribution in [2.45, 2.75) is 59.8 Å². The first-order valence-corrected chi connectivity index (χ1v) is 6.87. The molecular formula is C16H26O2. The molecule has 0 radical (unpaired) electrons. The van der Waals surface area contributed by atoms with Crippen LogP contribution in [0.3, 0.4) is 0 Å². The van der Waals surface area contributed by atoms with Crippen molar-refractivity contribution >= 4 is 5.97 Å². The van der Waals surface area contributed by atoms with E-state index in [1.165, 1.54) is 24.0 Å². The molecule has 0 fully saturated rings. The molecule has 0 heterocycles. The lowest BCUT2D eigenvalue weighted by Gasteiger charge is -2.38. The number of carboxylic acids is 1. The predicted octanol–water partition coefficient (Wildman–Crippen LogP) is 4.57. The monoisotopic (exact) mass is 250 g/mol. The molecule has 2 heteroatoms. The number of carboxylic acid groups (broad SMARTS) is 1. The normalized spacial score (nSPS) is 23.7. The molecule has 0 spiro atoms. The van der Waals surface area contributed by atoms with Gasteiger partial charge in [-0.05, 0) is 50.9 Å². The van der Waals surface area contributed by atoms with Crippen LogP contribution in [0.5, 0.6) is 0 Å². The molecule has 0 saturated carbocycles. The first kappa shape index (κ1) is 15.0. The van der Waals surface area contributed by atoms with Gasteiger partial charge in [0.2, 0.25) is 0 Å². The topological polar surface area (TPSA) is 37.3 Å². The first-order chi connectivity index (χ1) is 8.33. The summed E-state index contributed by atoms with van der Waals surface area (Å²) in [6.07, 6.45) is 8.96. The van der Waals surface area contributed by atoms with Gasteiger partial charge in [-0.1, -0.05) is 37.1 Å². The zero-order valence-electron chi connectivity index (χ0n) is 12.1. The third kappa shape index (κ3) is 4.32. The standard InChI is InChI=1S/C16H26O2/c1-12(8-10-15(17)18)7-9-14-13(2)6-5-11-16(14,3)4/h6,8,14H,5,7,9-11H2,1-4H3,(H,17,18). The van der Waals surface area contributed by atoms with Crippen LogP contribution >= 0.6 is 0 Å². The van der Waals surface area contributed by atoms with Crippen LogP contribution in [0.25, 0.3) is 0 Å². The quantitative estimate of drug-likeness (QED) is 0.726. The SMILES string of the molecule is CC(=CCC(=O)O)CCC1C(C)=CCCC1(C)C. The van der Waals surface area contributed by atoms with E-state index in [1.807, 2.05) is 13.0 Å². The summed E-state index contributed by atoms with van der Waals surface area (Å²) in [6.45, 7) is 8.98. The summed E-state index contributed by atoms with van der Waals surface area (Å²) in [6, 6.07) is 0. The van der Waals surface area contributed by atoms with Crippen LogP contribution in [-0.2, 0) is 4.79 Å². The molecule has 1 unspecified atom stereocenters. The van der Waals surface area contributed by atoms with Gasteiger partial charge in [-0.25, -0.2) is 0 Å². The van der Waals surface area contributed by atoms with Crippen molar-refractivity contribution < 1.29 is 9.90 Å². The van der Waals surface area contributed by atoms with Crippen LogP contribution in [0.4, 0.5) is 0 Å². The highest BCUT2D eigenvalue weighted by Crippen LogP contribution is 2.43. The van der Waals surface area contributed by atoms with E-state index < -0.39 is 5.97 Å². The van der Waals surface area contributed by atoms with Crippen LogP contribution in [0.1, 0.15) is 59.8 Å². The fraction of sp³-hybridized carbons (Fsp3) is 0.688. The third-order valence-electron chi connectivity index (χ3n) is 4.20. The molecule has 18 heavy (non-hydrogen) atoms. The van der Waals surface area contributed by atoms with Gasteiger partial charge in [-0.15, -0.1) is 0 Å². The van der Waals surface area contributed by atoms with E-state index >= 15 is 0 Å². The summed E-state index contributed by atoms with van der Waals surface area (Å²) < 4.78 is 0. The van der Waals surface area contributed by atoms with E-state index in [1.54, 1.807) is 0 Å². The lowest BCUT2D eigenvalue weighted by atomic mass is 9.67. The fourth-order valence-electron chi connectivity index (χ4n) is 2.96. The van der Waals surface area contributed by atoms with Crippen molar-refractivity contribution in [3.05, 3.63) is 23.3 Å². The van der Waals surface area contributed by atoms with Gasteiger partial charge >= 0.3 is 5.97 Å². The Morgan fingerprint density at radius 2 is 2.22 bits per heavy atom. The summed E-state index contributed by atoms with van der Waals surface area (Å²) in [4.78, 5) is 10.5. The Morgan fingerprint density at radius 1 is 1.56 bits per heavy atom. The Morgan fingerprint density at radius 3 is 2.78 bits per heavy atom. The molecule has 1 aliphatic carbocycles. The molecule has 0 saturated heterocycles. The highest BCUT2D eigenvalue weighted by molar-refractivity contribution is 5.68. The Kier molecular flexibility index (Phi) is 5.18. The van der Waals surface area contributed by atoms with E-state index in [-0.39, 0.29) is 6.42 Å². The molecule has 0 bridgehead atoms. The highest BCUT2D eigenvalue weighted by Gasteiger charge is 2.32. The van der Waals surface area contributed by atoms with Gasteiger partial charge in [0.15, 0.2) is 0 Å². The molecule has 1 N–H and O–H groups in total. The molecule has 2 nitrogen and oxygen atoms in total. The summed E-state index contributed by atoms with van der Waals surface area (Å²) in [7, 11) is 0. The molecule has 0 aromatic heterocycles. The minimum Gasteiger partial charge on any atom is -0.481 e. The van der Waals surface area contributed by atoms with Crippen LogP contribution in [0, 0.1) is 11.3 Å². The molecule has 0 amide bonds. The zero-order valence-corrected chi connectivity index (χ0v) is 12.1. The van der Waals surface area contributed by atoms with Crippen molar-refractivity contribution in [3.63, 3.8) is 0 Å². The minimum absolute atomic E-state index is 0.148. The maximum absolute atomic E-state index is 10.5. The van der Waals surface area contributed by atoms with Gasteiger partial charge < -0.3 is 5.11 Å². The molecule has 0 aromatic rings. The van der Waals surface area contributed by atoms with Gasteiger partial charge in [-0.3, -0.25) is 4.79 Å². The fourth-order valence-corrected chi connectivity index (χ4v) is 2.96. The second-order valence-corrected chi connectivity index (χ2v) is 6.21. The first-order valence-electron chi connectivity index (χ1n) is 6.87. The Balaban J connectivity index is 2.56. The zero-order chi connectivity index (χ0) is 13.8. The van der Waals surface area contributed by atoms with E-state index in [0.29, 0.717) is 11.3 Å². The van der Waals surface area contributed by atoms with Gasteiger partial charge in [0.05, 0.1) is 6.42 Å². The molecule has 0 aromatic carbocycles. The number of aliphatic carboxylic acids is 1. The number of rotatable bonds is 5. The van der Waals surface area contributed by atoms with Crippen molar-refractivity contribution in [3.8, 4) is 0 Å². The van der Waals surface area contributed by atoms with Gasteiger partial charge in [-0.2, -0.15) is 0 Å². The van der Waals surface area contributed by atoms with Crippen LogP contribution < -0.4 is 0 Å². The van der Waals surface area contributed by atoms with E-state index in [9.17, 15) is 4.79 Å². The van der Waals surface area contributed by atoms with Crippen molar-refractivity contribution in [1.82, 2.24) is 0 Å². The third-order valence-corrected chi connectivity index (χ3v) is 4.20. The van der Waals surface area contributed by atoms with E-state index in [2.05, 4.69) is 26.8 Å². The summed E-state index contributed by atoms with van der Waals surface area (Å²) in [5.74, 6) is -0.108. The minimum atomic E-state index is -0.747. The van der Waals surface area contributed by atoms with Crippen LogP contribution in [0.15, 0.2) is 23.3 Å². The number of carbonyl (C=O) groups is 1. The molecule has 1 rings (SSSR count). The lowest BCUT2D eigenvalue weighted by molar-refractivity contribution is -0.136. The Labute approximate surface area is 111 Å². The molecule has 0 aliphatic heterocycles. The number of hydrogen-bond acceptors (Lipinski definition) is 1. The molecule has 1 atom stereocenters. The average molecular weight is 250 g/mol. The summed E-state index contributed by atoms with van der Waals surface area (Å²) in [5, 5.41) is 8.65. The van der Waals surface area contributed by atoms with Gasteiger partial charge in [0.25, 0.3) is 0 Å². The van der Waals surface area contributed by atoms with E-state index in [0.717, 1.165) is 12.8 Å². The highest BCUT2D eigenvalue weighted by atomic mass is 16.4. The van der Waals surface area contributed by atoms with Gasteiger partial charge in [0, 0.05) is 0 Å². The Bertz CT molecular complexity index is 361. The number of allylic oxidation sites excluding steroid dienone is 3. The second-order valence-electron chi connectivity index (χ2n) is 6.21.